The maximum Gasteiger partial charge on any atom is 0.410 e. The van der Waals surface area contributed by atoms with Gasteiger partial charge in [0.25, 0.3) is 11.5 Å². The Labute approximate surface area is 211 Å². The summed E-state index contributed by atoms with van der Waals surface area (Å²) in [6.45, 7) is 8.32. The molecule has 3 aromatic rings. The zero-order valence-corrected chi connectivity index (χ0v) is 21.4. The van der Waals surface area contributed by atoms with E-state index in [1.807, 2.05) is 27.7 Å². The number of rotatable bonds is 4. The Bertz CT molecular complexity index is 1340. The third-order valence-corrected chi connectivity index (χ3v) is 6.55. The number of piperidine rings is 1. The van der Waals surface area contributed by atoms with E-state index in [0.29, 0.717) is 36.6 Å². The first-order valence-corrected chi connectivity index (χ1v) is 12.4. The number of hydrogen-bond donors (Lipinski definition) is 3. The van der Waals surface area contributed by atoms with Crippen LogP contribution in [0.2, 0.25) is 0 Å². The van der Waals surface area contributed by atoms with Crippen LogP contribution in [0, 0.1) is 6.92 Å². The molecule has 1 aliphatic rings. The predicted octanol–water partition coefficient (Wildman–Crippen LogP) is 1.91. The first-order chi connectivity index (χ1) is 17.0. The summed E-state index contributed by atoms with van der Waals surface area (Å²) < 4.78 is 6.98. The molecule has 1 saturated heterocycles. The molecule has 3 N–H and O–H groups in total. The molecule has 0 aromatic carbocycles. The van der Waals surface area contributed by atoms with Gasteiger partial charge in [-0.3, -0.25) is 25.2 Å². The number of hydrogen-bond acceptors (Lipinski definition) is 8. The van der Waals surface area contributed by atoms with E-state index in [0.717, 1.165) is 4.88 Å². The summed E-state index contributed by atoms with van der Waals surface area (Å²) in [6.07, 6.45) is 3.94. The summed E-state index contributed by atoms with van der Waals surface area (Å²) in [5, 5.41) is 4.96. The number of aromatic amines is 1. The number of nitrogens with one attached hydrogen (secondary N) is 3. The van der Waals surface area contributed by atoms with Crippen LogP contribution in [0.1, 0.15) is 65.5 Å². The summed E-state index contributed by atoms with van der Waals surface area (Å²) in [5.41, 5.74) is 4.79. The number of amides is 3. The maximum atomic E-state index is 12.7. The molecule has 0 saturated carbocycles. The number of nitrogens with zero attached hydrogens (tertiary/aromatic N) is 4. The second-order valence-electron chi connectivity index (χ2n) is 9.66. The molecule has 4 heterocycles. The Morgan fingerprint density at radius 3 is 2.56 bits per heavy atom. The average molecular weight is 516 g/mol. The van der Waals surface area contributed by atoms with E-state index in [-0.39, 0.29) is 35.2 Å². The van der Waals surface area contributed by atoms with Gasteiger partial charge in [0.2, 0.25) is 5.91 Å². The second kappa shape index (κ2) is 10.1. The van der Waals surface area contributed by atoms with E-state index < -0.39 is 17.4 Å². The van der Waals surface area contributed by atoms with Crippen LogP contribution in [0.15, 0.2) is 23.3 Å². The molecule has 1 fully saturated rings. The monoisotopic (exact) mass is 515 g/mol. The van der Waals surface area contributed by atoms with Gasteiger partial charge >= 0.3 is 6.09 Å². The first-order valence-electron chi connectivity index (χ1n) is 11.6. The van der Waals surface area contributed by atoms with Crippen LogP contribution in [-0.2, 0) is 16.0 Å². The number of likely N-dealkylation sites (tertiary alicyclic amines) is 1. The van der Waals surface area contributed by atoms with Gasteiger partial charge in [0, 0.05) is 36.1 Å². The number of carbonyl (C=O) groups is 3. The number of fused-ring (bicyclic) bond motifs is 1. The van der Waals surface area contributed by atoms with E-state index in [9.17, 15) is 19.2 Å². The molecule has 36 heavy (non-hydrogen) atoms. The van der Waals surface area contributed by atoms with Gasteiger partial charge < -0.3 is 14.6 Å². The number of hydrazine groups is 1. The van der Waals surface area contributed by atoms with E-state index in [4.69, 9.17) is 4.74 Å². The summed E-state index contributed by atoms with van der Waals surface area (Å²) in [4.78, 5) is 59.1. The molecule has 3 amide bonds. The van der Waals surface area contributed by atoms with E-state index in [2.05, 4.69) is 25.9 Å². The minimum absolute atomic E-state index is 0.0363. The molecule has 13 heteroatoms. The van der Waals surface area contributed by atoms with E-state index >= 15 is 0 Å². The maximum absolute atomic E-state index is 12.7. The van der Waals surface area contributed by atoms with Crippen molar-refractivity contribution < 1.29 is 19.1 Å². The third kappa shape index (κ3) is 5.90. The standard InChI is InChI=1S/C23H29N7O5S/c1-13-11-24-19(36-13)10-18(32)27-28-21(33)15-12-25-30-16(9-17(31)26-20(15)30)14-5-7-29(8-6-14)22(34)35-23(2,3)4/h9,11-12,14H,5-8,10H2,1-4H3,(H,26,31)(H,27,32)(H,28,33). The number of H-pyrrole nitrogens is 1. The minimum Gasteiger partial charge on any atom is -0.444 e. The first kappa shape index (κ1) is 25.4. The van der Waals surface area contributed by atoms with Crippen molar-refractivity contribution in [3.05, 3.63) is 50.0 Å². The number of aromatic nitrogens is 4. The topological polar surface area (TPSA) is 151 Å². The van der Waals surface area contributed by atoms with Gasteiger partial charge in [0.1, 0.15) is 21.8 Å². The largest absolute Gasteiger partial charge is 0.444 e. The molecule has 0 unspecified atom stereocenters. The molecule has 3 aromatic heterocycles. The van der Waals surface area contributed by atoms with Gasteiger partial charge in [-0.25, -0.2) is 14.3 Å². The molecule has 1 aliphatic heterocycles. The summed E-state index contributed by atoms with van der Waals surface area (Å²) in [5.74, 6) is -1.06. The zero-order valence-electron chi connectivity index (χ0n) is 20.6. The Morgan fingerprint density at radius 2 is 1.92 bits per heavy atom. The molecule has 192 valence electrons. The Hall–Kier alpha value is -3.74. The fraction of sp³-hybridized carbons (Fsp3) is 0.478. The molecule has 4 rings (SSSR count). The van der Waals surface area contributed by atoms with Crippen molar-refractivity contribution in [2.45, 2.75) is 58.5 Å². The van der Waals surface area contributed by atoms with Crippen LogP contribution >= 0.6 is 11.3 Å². The van der Waals surface area contributed by atoms with Gasteiger partial charge in [-0.2, -0.15) is 5.10 Å². The van der Waals surface area contributed by atoms with Crippen LogP contribution in [0.25, 0.3) is 5.65 Å². The summed E-state index contributed by atoms with van der Waals surface area (Å²) in [7, 11) is 0. The van der Waals surface area contributed by atoms with E-state index in [1.165, 1.54) is 28.1 Å². The lowest BCUT2D eigenvalue weighted by molar-refractivity contribution is -0.121. The quantitative estimate of drug-likeness (QED) is 0.449. The number of ether oxygens (including phenoxy) is 1. The van der Waals surface area contributed by atoms with Crippen LogP contribution in [0.4, 0.5) is 4.79 Å². The number of carbonyl (C=O) groups excluding carboxylic acids is 3. The van der Waals surface area contributed by atoms with E-state index in [1.54, 1.807) is 11.1 Å². The van der Waals surface area contributed by atoms with Crippen molar-refractivity contribution in [2.24, 2.45) is 0 Å². The Balaban J connectivity index is 1.43. The Kier molecular flexibility index (Phi) is 7.11. The van der Waals surface area contributed by atoms with Crippen LogP contribution < -0.4 is 16.4 Å². The highest BCUT2D eigenvalue weighted by molar-refractivity contribution is 7.11. The Morgan fingerprint density at radius 1 is 1.19 bits per heavy atom. The van der Waals surface area contributed by atoms with Gasteiger partial charge in [0.05, 0.1) is 18.3 Å². The number of thiazole rings is 1. The van der Waals surface area contributed by atoms with Crippen LogP contribution in [0.5, 0.6) is 0 Å². The van der Waals surface area contributed by atoms with Crippen molar-refractivity contribution in [1.82, 2.24) is 35.3 Å². The van der Waals surface area contributed by atoms with Gasteiger partial charge in [-0.15, -0.1) is 11.3 Å². The molecule has 0 bridgehead atoms. The van der Waals surface area contributed by atoms with Crippen LogP contribution in [0.3, 0.4) is 0 Å². The minimum atomic E-state index is -0.610. The average Bonchev–Trinajstić information content (AvgIpc) is 3.41. The smallest absolute Gasteiger partial charge is 0.410 e. The van der Waals surface area contributed by atoms with Gasteiger partial charge in [0.15, 0.2) is 0 Å². The highest BCUT2D eigenvalue weighted by Gasteiger charge is 2.29. The lowest BCUT2D eigenvalue weighted by Crippen LogP contribution is -2.42. The van der Waals surface area contributed by atoms with Crippen molar-refractivity contribution in [1.29, 1.82) is 0 Å². The van der Waals surface area contributed by atoms with Crippen molar-refractivity contribution >= 4 is 34.9 Å². The normalized spacial score (nSPS) is 14.6. The summed E-state index contributed by atoms with van der Waals surface area (Å²) >= 11 is 1.40. The summed E-state index contributed by atoms with van der Waals surface area (Å²) in [6, 6.07) is 1.47. The second-order valence-corrected chi connectivity index (χ2v) is 11.0. The number of aryl methyl sites for hydroxylation is 1. The molecule has 0 radical (unpaired) electrons. The lowest BCUT2D eigenvalue weighted by atomic mass is 9.93. The fourth-order valence-corrected chi connectivity index (χ4v) is 4.80. The van der Waals surface area contributed by atoms with Gasteiger partial charge in [-0.05, 0) is 40.5 Å². The highest BCUT2D eigenvalue weighted by atomic mass is 32.1. The molecular weight excluding hydrogens is 486 g/mol. The highest BCUT2D eigenvalue weighted by Crippen LogP contribution is 2.28. The molecular formula is C23H29N7O5S. The molecule has 0 spiro atoms. The van der Waals surface area contributed by atoms with Crippen molar-refractivity contribution in [3.8, 4) is 0 Å². The third-order valence-electron chi connectivity index (χ3n) is 5.64. The van der Waals surface area contributed by atoms with Crippen LogP contribution in [-0.4, -0.2) is 61.1 Å². The molecule has 0 aliphatic carbocycles. The lowest BCUT2D eigenvalue weighted by Gasteiger charge is -2.33. The molecule has 12 nitrogen and oxygen atoms in total. The zero-order chi connectivity index (χ0) is 26.0. The molecule has 0 atom stereocenters. The fourth-order valence-electron chi connectivity index (χ4n) is 4.01. The van der Waals surface area contributed by atoms with Gasteiger partial charge in [-0.1, -0.05) is 0 Å². The van der Waals surface area contributed by atoms with Crippen molar-refractivity contribution in [2.75, 3.05) is 13.1 Å². The van der Waals surface area contributed by atoms with Crippen molar-refractivity contribution in [3.63, 3.8) is 0 Å². The SMILES string of the molecule is Cc1cnc(CC(=O)NNC(=O)c2cnn3c(C4CCN(C(=O)OC(C)(C)C)CC4)cc(=O)[nH]c23)s1. The predicted molar refractivity (Wildman–Crippen MR) is 132 cm³/mol.